The fourth-order valence-electron chi connectivity index (χ4n) is 3.06. The van der Waals surface area contributed by atoms with Gasteiger partial charge in [0.05, 0.1) is 11.4 Å². The molecule has 0 spiro atoms. The van der Waals surface area contributed by atoms with E-state index in [9.17, 15) is 13.2 Å². The predicted molar refractivity (Wildman–Crippen MR) is 104 cm³/mol. The van der Waals surface area contributed by atoms with Gasteiger partial charge in [0, 0.05) is 25.2 Å². The first-order valence-corrected chi connectivity index (χ1v) is 10.8. The Morgan fingerprint density at radius 2 is 1.85 bits per heavy atom. The van der Waals surface area contributed by atoms with E-state index in [1.54, 1.807) is 0 Å². The number of hydrogen-bond donors (Lipinski definition) is 1. The molecule has 8 heteroatoms. The third-order valence-corrected chi connectivity index (χ3v) is 6.62. The highest BCUT2D eigenvalue weighted by Crippen LogP contribution is 2.17. The minimum absolute atomic E-state index is 0.121. The first kappa shape index (κ1) is 21.2. The number of hydrogen-bond acceptors (Lipinski definition) is 4. The second-order valence-electron chi connectivity index (χ2n) is 6.99. The van der Waals surface area contributed by atoms with Crippen molar-refractivity contribution in [3.63, 3.8) is 0 Å². The maximum Gasteiger partial charge on any atom is 0.243 e. The summed E-state index contributed by atoms with van der Waals surface area (Å²) in [5.74, 6) is 0.0331. The van der Waals surface area contributed by atoms with Crippen molar-refractivity contribution in [1.82, 2.24) is 14.5 Å². The van der Waals surface area contributed by atoms with Crippen LogP contribution in [-0.4, -0.2) is 63.3 Å². The van der Waals surface area contributed by atoms with E-state index in [1.807, 2.05) is 0 Å². The van der Waals surface area contributed by atoms with Crippen LogP contribution >= 0.6 is 11.6 Å². The molecule has 1 aromatic rings. The summed E-state index contributed by atoms with van der Waals surface area (Å²) in [6.45, 7) is 5.65. The Morgan fingerprint density at radius 3 is 2.46 bits per heavy atom. The van der Waals surface area contributed by atoms with E-state index in [0.717, 1.165) is 23.9 Å². The third-order valence-electron chi connectivity index (χ3n) is 4.55. The average Bonchev–Trinajstić information content (AvgIpc) is 2.61. The van der Waals surface area contributed by atoms with Crippen LogP contribution in [0.3, 0.4) is 0 Å². The van der Waals surface area contributed by atoms with E-state index in [1.165, 1.54) is 50.6 Å². The second kappa shape index (κ2) is 9.69. The van der Waals surface area contributed by atoms with Crippen LogP contribution in [0.5, 0.6) is 0 Å². The van der Waals surface area contributed by atoms with Crippen molar-refractivity contribution in [2.45, 2.75) is 31.1 Å². The van der Waals surface area contributed by atoms with Gasteiger partial charge in [-0.1, -0.05) is 24.9 Å². The van der Waals surface area contributed by atoms with Crippen LogP contribution in [0.2, 0.25) is 5.02 Å². The SMILES string of the molecule is CC(CNC(=O)CN(C)S(=O)(=O)c1ccc(Cl)cc1)CN1CCCCC1. The zero-order valence-electron chi connectivity index (χ0n) is 15.4. The van der Waals surface area contributed by atoms with Gasteiger partial charge in [-0.15, -0.1) is 0 Å². The molecule has 146 valence electrons. The molecule has 0 aliphatic carbocycles. The lowest BCUT2D eigenvalue weighted by Gasteiger charge is -2.29. The number of nitrogens with one attached hydrogen (secondary N) is 1. The molecule has 2 rings (SSSR count). The molecule has 1 atom stereocenters. The van der Waals surface area contributed by atoms with Crippen LogP contribution in [-0.2, 0) is 14.8 Å². The normalized spacial score (nSPS) is 17.2. The van der Waals surface area contributed by atoms with E-state index in [-0.39, 0.29) is 17.3 Å². The van der Waals surface area contributed by atoms with E-state index in [4.69, 9.17) is 11.6 Å². The molecule has 1 aromatic carbocycles. The van der Waals surface area contributed by atoms with Gasteiger partial charge < -0.3 is 10.2 Å². The number of likely N-dealkylation sites (N-methyl/N-ethyl adjacent to an activating group) is 1. The topological polar surface area (TPSA) is 69.7 Å². The number of rotatable bonds is 8. The number of sulfonamides is 1. The van der Waals surface area contributed by atoms with Gasteiger partial charge >= 0.3 is 0 Å². The summed E-state index contributed by atoms with van der Waals surface area (Å²) in [4.78, 5) is 14.7. The molecule has 1 aliphatic rings. The molecule has 1 aliphatic heterocycles. The van der Waals surface area contributed by atoms with E-state index in [2.05, 4.69) is 17.1 Å². The first-order valence-electron chi connectivity index (χ1n) is 9.00. The summed E-state index contributed by atoms with van der Waals surface area (Å²) in [5, 5.41) is 3.31. The number of benzene rings is 1. The molecule has 0 aromatic heterocycles. The highest BCUT2D eigenvalue weighted by atomic mass is 35.5. The zero-order chi connectivity index (χ0) is 19.2. The van der Waals surface area contributed by atoms with Gasteiger partial charge in [0.1, 0.15) is 0 Å². The molecule has 6 nitrogen and oxygen atoms in total. The smallest absolute Gasteiger partial charge is 0.243 e. The first-order chi connectivity index (χ1) is 12.3. The average molecular weight is 402 g/mol. The van der Waals surface area contributed by atoms with Crippen LogP contribution in [0.25, 0.3) is 0 Å². The summed E-state index contributed by atoms with van der Waals surface area (Å²) in [6, 6.07) is 5.91. The Morgan fingerprint density at radius 1 is 1.23 bits per heavy atom. The lowest BCUT2D eigenvalue weighted by Crippen LogP contribution is -2.42. The summed E-state index contributed by atoms with van der Waals surface area (Å²) < 4.78 is 26.0. The second-order valence-corrected chi connectivity index (χ2v) is 9.47. The van der Waals surface area contributed by atoms with Crippen molar-refractivity contribution in [2.75, 3.05) is 39.8 Å². The fraction of sp³-hybridized carbons (Fsp3) is 0.611. The maximum atomic E-state index is 12.5. The van der Waals surface area contributed by atoms with Crippen LogP contribution < -0.4 is 5.32 Å². The third kappa shape index (κ3) is 6.23. The van der Waals surface area contributed by atoms with Crippen molar-refractivity contribution >= 4 is 27.5 Å². The summed E-state index contributed by atoms with van der Waals surface area (Å²) in [6.07, 6.45) is 3.79. The Hall–Kier alpha value is -1.15. The van der Waals surface area contributed by atoms with Gasteiger partial charge in [0.25, 0.3) is 0 Å². The maximum absolute atomic E-state index is 12.5. The Labute approximate surface area is 161 Å². The molecule has 0 saturated carbocycles. The summed E-state index contributed by atoms with van der Waals surface area (Å²) in [5.41, 5.74) is 0. The zero-order valence-corrected chi connectivity index (χ0v) is 17.0. The molecule has 1 amide bonds. The number of nitrogens with zero attached hydrogens (tertiary/aromatic N) is 2. The minimum Gasteiger partial charge on any atom is -0.355 e. The molecular formula is C18H28ClN3O3S. The van der Waals surface area contributed by atoms with Gasteiger partial charge in [-0.2, -0.15) is 4.31 Å². The molecule has 1 fully saturated rings. The molecule has 1 saturated heterocycles. The van der Waals surface area contributed by atoms with E-state index < -0.39 is 10.0 Å². The van der Waals surface area contributed by atoms with Crippen molar-refractivity contribution in [1.29, 1.82) is 0 Å². The number of piperidine rings is 1. The minimum atomic E-state index is -3.71. The Kier molecular flexibility index (Phi) is 7.88. The summed E-state index contributed by atoms with van der Waals surface area (Å²) in [7, 11) is -2.30. The molecule has 1 N–H and O–H groups in total. The molecule has 1 heterocycles. The number of amides is 1. The molecule has 0 bridgehead atoms. The molecular weight excluding hydrogens is 374 g/mol. The van der Waals surface area contributed by atoms with Crippen LogP contribution in [0, 0.1) is 5.92 Å². The predicted octanol–water partition coefficient (Wildman–Crippen LogP) is 2.20. The Balaban J connectivity index is 1.79. The van der Waals surface area contributed by atoms with Crippen molar-refractivity contribution in [2.24, 2.45) is 5.92 Å². The van der Waals surface area contributed by atoms with Crippen LogP contribution in [0.1, 0.15) is 26.2 Å². The van der Waals surface area contributed by atoms with E-state index in [0.29, 0.717) is 17.5 Å². The number of likely N-dealkylation sites (tertiary alicyclic amines) is 1. The van der Waals surface area contributed by atoms with Crippen molar-refractivity contribution in [3.8, 4) is 0 Å². The number of carbonyl (C=O) groups excluding carboxylic acids is 1. The van der Waals surface area contributed by atoms with Crippen molar-refractivity contribution < 1.29 is 13.2 Å². The largest absolute Gasteiger partial charge is 0.355 e. The van der Waals surface area contributed by atoms with E-state index >= 15 is 0 Å². The van der Waals surface area contributed by atoms with Crippen molar-refractivity contribution in [3.05, 3.63) is 29.3 Å². The van der Waals surface area contributed by atoms with Gasteiger partial charge in [0.15, 0.2) is 0 Å². The number of carbonyl (C=O) groups is 1. The monoisotopic (exact) mass is 401 g/mol. The molecule has 26 heavy (non-hydrogen) atoms. The standard InChI is InChI=1S/C18H28ClN3O3S/c1-15(13-22-10-4-3-5-11-22)12-20-18(23)14-21(2)26(24,25)17-8-6-16(19)7-9-17/h6-9,15H,3-5,10-14H2,1-2H3,(H,20,23). The molecule has 0 radical (unpaired) electrons. The lowest BCUT2D eigenvalue weighted by atomic mass is 10.1. The van der Waals surface area contributed by atoms with Gasteiger partial charge in [-0.05, 0) is 56.1 Å². The van der Waals surface area contributed by atoms with Gasteiger partial charge in [0.2, 0.25) is 15.9 Å². The van der Waals surface area contributed by atoms with Crippen LogP contribution in [0.15, 0.2) is 29.2 Å². The Bertz CT molecular complexity index is 688. The molecule has 1 unspecified atom stereocenters. The fourth-order valence-corrected chi connectivity index (χ4v) is 4.32. The van der Waals surface area contributed by atoms with Gasteiger partial charge in [-0.3, -0.25) is 4.79 Å². The van der Waals surface area contributed by atoms with Crippen LogP contribution in [0.4, 0.5) is 0 Å². The van der Waals surface area contributed by atoms with Gasteiger partial charge in [-0.25, -0.2) is 8.42 Å². The highest BCUT2D eigenvalue weighted by Gasteiger charge is 2.23. The highest BCUT2D eigenvalue weighted by molar-refractivity contribution is 7.89. The number of halogens is 1. The quantitative estimate of drug-likeness (QED) is 0.725. The lowest BCUT2D eigenvalue weighted by molar-refractivity contribution is -0.121. The summed E-state index contributed by atoms with van der Waals surface area (Å²) >= 11 is 5.79.